The Morgan fingerprint density at radius 3 is 2.23 bits per heavy atom. The van der Waals surface area contributed by atoms with Crippen LogP contribution in [0.2, 0.25) is 5.02 Å². The van der Waals surface area contributed by atoms with E-state index in [9.17, 15) is 9.90 Å². The SMILES string of the molecule is O=C(O)C(CCCCCCc1ccc(Cl)cc1)OCCc1ccccc1. The van der Waals surface area contributed by atoms with Gasteiger partial charge in [-0.15, -0.1) is 0 Å². The van der Waals surface area contributed by atoms with E-state index in [-0.39, 0.29) is 0 Å². The third kappa shape index (κ3) is 8.03. The van der Waals surface area contributed by atoms with Gasteiger partial charge in [0.1, 0.15) is 0 Å². The van der Waals surface area contributed by atoms with Crippen LogP contribution in [-0.4, -0.2) is 23.8 Å². The fourth-order valence-corrected chi connectivity index (χ4v) is 3.03. The van der Waals surface area contributed by atoms with Crippen molar-refractivity contribution in [1.82, 2.24) is 0 Å². The highest BCUT2D eigenvalue weighted by atomic mass is 35.5. The van der Waals surface area contributed by atoms with Crippen LogP contribution in [-0.2, 0) is 22.4 Å². The lowest BCUT2D eigenvalue weighted by Crippen LogP contribution is -2.24. The van der Waals surface area contributed by atoms with Gasteiger partial charge in [0.25, 0.3) is 0 Å². The minimum atomic E-state index is -0.862. The van der Waals surface area contributed by atoms with Crippen LogP contribution < -0.4 is 0 Å². The van der Waals surface area contributed by atoms with Crippen LogP contribution in [0.15, 0.2) is 54.6 Å². The summed E-state index contributed by atoms with van der Waals surface area (Å²) in [6, 6.07) is 17.9. The Kier molecular flexibility index (Phi) is 9.22. The first kappa shape index (κ1) is 20.5. The summed E-state index contributed by atoms with van der Waals surface area (Å²) in [6.45, 7) is 0.442. The lowest BCUT2D eigenvalue weighted by Gasteiger charge is -2.13. The second-order valence-electron chi connectivity index (χ2n) is 6.51. The fourth-order valence-electron chi connectivity index (χ4n) is 2.91. The summed E-state index contributed by atoms with van der Waals surface area (Å²) in [4.78, 5) is 11.3. The quantitative estimate of drug-likeness (QED) is 0.496. The van der Waals surface area contributed by atoms with Gasteiger partial charge in [0, 0.05) is 5.02 Å². The number of carboxylic acids is 1. The van der Waals surface area contributed by atoms with E-state index in [0.717, 1.165) is 43.5 Å². The molecule has 0 bridgehead atoms. The molecule has 2 aromatic rings. The van der Waals surface area contributed by atoms with Crippen molar-refractivity contribution in [3.05, 3.63) is 70.7 Å². The second-order valence-corrected chi connectivity index (χ2v) is 6.95. The molecule has 0 radical (unpaired) electrons. The molecule has 3 nitrogen and oxygen atoms in total. The van der Waals surface area contributed by atoms with Crippen LogP contribution in [0.4, 0.5) is 0 Å². The zero-order chi connectivity index (χ0) is 18.6. The van der Waals surface area contributed by atoms with Crippen molar-refractivity contribution in [1.29, 1.82) is 0 Å². The van der Waals surface area contributed by atoms with Crippen molar-refractivity contribution in [2.45, 2.75) is 51.0 Å². The van der Waals surface area contributed by atoms with Gasteiger partial charge in [0.05, 0.1) is 6.61 Å². The molecule has 0 aliphatic rings. The van der Waals surface area contributed by atoms with Crippen molar-refractivity contribution in [3.63, 3.8) is 0 Å². The Hall–Kier alpha value is -1.84. The molecule has 1 unspecified atom stereocenters. The summed E-state index contributed by atoms with van der Waals surface area (Å²) in [6.07, 6.45) is 5.76. The fraction of sp³-hybridized carbons (Fsp3) is 0.409. The van der Waals surface area contributed by atoms with Gasteiger partial charge in [-0.05, 0) is 48.9 Å². The van der Waals surface area contributed by atoms with E-state index in [1.165, 1.54) is 11.1 Å². The molecule has 0 aromatic heterocycles. The van der Waals surface area contributed by atoms with Crippen molar-refractivity contribution in [2.24, 2.45) is 0 Å². The smallest absolute Gasteiger partial charge is 0.332 e. The number of carbonyl (C=O) groups is 1. The molecular weight excluding hydrogens is 348 g/mol. The molecule has 0 saturated carbocycles. The predicted octanol–water partition coefficient (Wildman–Crippen LogP) is 5.55. The molecule has 2 rings (SSSR count). The molecule has 0 amide bonds. The third-order valence-electron chi connectivity index (χ3n) is 4.42. The van der Waals surface area contributed by atoms with E-state index >= 15 is 0 Å². The van der Waals surface area contributed by atoms with Crippen LogP contribution in [0.1, 0.15) is 43.2 Å². The maximum absolute atomic E-state index is 11.3. The van der Waals surface area contributed by atoms with E-state index in [4.69, 9.17) is 16.3 Å². The van der Waals surface area contributed by atoms with Crippen LogP contribution in [0.3, 0.4) is 0 Å². The molecule has 1 atom stereocenters. The Labute approximate surface area is 161 Å². The summed E-state index contributed by atoms with van der Waals surface area (Å²) in [5, 5.41) is 10.1. The van der Waals surface area contributed by atoms with Gasteiger partial charge in [-0.3, -0.25) is 0 Å². The molecule has 4 heteroatoms. The molecule has 0 aliphatic heterocycles. The topological polar surface area (TPSA) is 46.5 Å². The highest BCUT2D eigenvalue weighted by molar-refractivity contribution is 6.30. The van der Waals surface area contributed by atoms with E-state index < -0.39 is 12.1 Å². The molecule has 2 aromatic carbocycles. The predicted molar refractivity (Wildman–Crippen MR) is 106 cm³/mol. The normalized spacial score (nSPS) is 12.0. The van der Waals surface area contributed by atoms with Crippen molar-refractivity contribution >= 4 is 17.6 Å². The van der Waals surface area contributed by atoms with E-state index in [0.29, 0.717) is 13.0 Å². The summed E-state index contributed by atoms with van der Waals surface area (Å²) < 4.78 is 5.58. The monoisotopic (exact) mass is 374 g/mol. The molecule has 0 heterocycles. The van der Waals surface area contributed by atoms with Crippen LogP contribution in [0, 0.1) is 0 Å². The standard InChI is InChI=1S/C22H27ClO3/c23-20-14-12-19(13-15-20)10-4-1-2-7-11-21(22(24)25)26-17-16-18-8-5-3-6-9-18/h3,5-6,8-9,12-15,21H,1-2,4,7,10-11,16-17H2,(H,24,25). The lowest BCUT2D eigenvalue weighted by molar-refractivity contribution is -0.150. The molecule has 0 aliphatic carbocycles. The molecule has 0 saturated heterocycles. The number of aliphatic carboxylic acids is 1. The van der Waals surface area contributed by atoms with Crippen molar-refractivity contribution in [3.8, 4) is 0 Å². The maximum Gasteiger partial charge on any atom is 0.332 e. The van der Waals surface area contributed by atoms with Gasteiger partial charge < -0.3 is 9.84 Å². The number of benzene rings is 2. The van der Waals surface area contributed by atoms with Gasteiger partial charge in [-0.1, -0.05) is 73.3 Å². The van der Waals surface area contributed by atoms with E-state index in [1.807, 2.05) is 42.5 Å². The first-order chi connectivity index (χ1) is 12.6. The lowest BCUT2D eigenvalue weighted by atomic mass is 10.0. The molecular formula is C22H27ClO3. The maximum atomic E-state index is 11.3. The number of ether oxygens (including phenoxy) is 1. The van der Waals surface area contributed by atoms with E-state index in [1.54, 1.807) is 0 Å². The molecule has 0 spiro atoms. The minimum Gasteiger partial charge on any atom is -0.479 e. The Bertz CT molecular complexity index is 640. The molecule has 140 valence electrons. The number of rotatable bonds is 12. The number of carboxylic acid groups (broad SMARTS) is 1. The van der Waals surface area contributed by atoms with Gasteiger partial charge in [0.15, 0.2) is 6.10 Å². The largest absolute Gasteiger partial charge is 0.479 e. The van der Waals surface area contributed by atoms with Crippen molar-refractivity contribution < 1.29 is 14.6 Å². The van der Waals surface area contributed by atoms with Crippen LogP contribution in [0.5, 0.6) is 0 Å². The van der Waals surface area contributed by atoms with Gasteiger partial charge >= 0.3 is 5.97 Å². The van der Waals surface area contributed by atoms with E-state index in [2.05, 4.69) is 12.1 Å². The summed E-state index contributed by atoms with van der Waals surface area (Å²) in [5.41, 5.74) is 2.46. The molecule has 0 fully saturated rings. The molecule has 1 N–H and O–H groups in total. The average Bonchev–Trinajstić information content (AvgIpc) is 2.65. The third-order valence-corrected chi connectivity index (χ3v) is 4.68. The number of halogens is 1. The van der Waals surface area contributed by atoms with Gasteiger partial charge in [-0.2, -0.15) is 0 Å². The zero-order valence-electron chi connectivity index (χ0n) is 15.1. The van der Waals surface area contributed by atoms with Gasteiger partial charge in [0.2, 0.25) is 0 Å². The highest BCUT2D eigenvalue weighted by Crippen LogP contribution is 2.14. The first-order valence-corrected chi connectivity index (χ1v) is 9.66. The summed E-state index contributed by atoms with van der Waals surface area (Å²) in [7, 11) is 0. The highest BCUT2D eigenvalue weighted by Gasteiger charge is 2.17. The Morgan fingerprint density at radius 2 is 1.54 bits per heavy atom. The summed E-state index contributed by atoms with van der Waals surface area (Å²) in [5.74, 6) is -0.862. The van der Waals surface area contributed by atoms with Crippen molar-refractivity contribution in [2.75, 3.05) is 6.61 Å². The first-order valence-electron chi connectivity index (χ1n) is 9.28. The van der Waals surface area contributed by atoms with Crippen LogP contribution in [0.25, 0.3) is 0 Å². The number of hydrogen-bond acceptors (Lipinski definition) is 2. The Balaban J connectivity index is 1.57. The number of unbranched alkanes of at least 4 members (excludes halogenated alkanes) is 3. The zero-order valence-corrected chi connectivity index (χ0v) is 15.8. The van der Waals surface area contributed by atoms with Gasteiger partial charge in [-0.25, -0.2) is 4.79 Å². The van der Waals surface area contributed by atoms with Crippen LogP contribution >= 0.6 is 11.6 Å². The summed E-state index contributed by atoms with van der Waals surface area (Å²) >= 11 is 5.88. The molecule has 26 heavy (non-hydrogen) atoms. The number of hydrogen-bond donors (Lipinski definition) is 1. The Morgan fingerprint density at radius 1 is 0.885 bits per heavy atom. The minimum absolute atomic E-state index is 0.442. The second kappa shape index (κ2) is 11.7. The number of aryl methyl sites for hydroxylation is 1. The average molecular weight is 375 g/mol.